The maximum absolute atomic E-state index is 11.7. The van der Waals surface area contributed by atoms with E-state index < -0.39 is 0 Å². The highest BCUT2D eigenvalue weighted by Gasteiger charge is 2.10. The number of rotatable bonds is 5. The van der Waals surface area contributed by atoms with Crippen LogP contribution in [0.15, 0.2) is 30.3 Å². The van der Waals surface area contributed by atoms with E-state index in [1.807, 2.05) is 32.0 Å². The van der Waals surface area contributed by atoms with Crippen molar-refractivity contribution in [1.82, 2.24) is 0 Å². The highest BCUT2D eigenvalue weighted by Crippen LogP contribution is 2.26. The zero-order chi connectivity index (χ0) is 17.0. The highest BCUT2D eigenvalue weighted by molar-refractivity contribution is 5.91. The van der Waals surface area contributed by atoms with Crippen molar-refractivity contribution in [3.8, 4) is 5.75 Å². The molecule has 3 heteroatoms. The van der Waals surface area contributed by atoms with Gasteiger partial charge in [-0.2, -0.15) is 0 Å². The van der Waals surface area contributed by atoms with Crippen LogP contribution >= 0.6 is 0 Å². The van der Waals surface area contributed by atoms with Crippen LogP contribution in [0.5, 0.6) is 5.75 Å². The summed E-state index contributed by atoms with van der Waals surface area (Å²) >= 11 is 0. The minimum absolute atomic E-state index is 0.0132. The third-order valence-corrected chi connectivity index (χ3v) is 4.17. The molecule has 0 aromatic heterocycles. The fourth-order valence-electron chi connectivity index (χ4n) is 2.49. The molecule has 23 heavy (non-hydrogen) atoms. The van der Waals surface area contributed by atoms with Crippen molar-refractivity contribution in [1.29, 1.82) is 0 Å². The van der Waals surface area contributed by atoms with E-state index >= 15 is 0 Å². The molecule has 0 radical (unpaired) electrons. The molecule has 0 unspecified atom stereocenters. The molecule has 2 rings (SSSR count). The summed E-state index contributed by atoms with van der Waals surface area (Å²) in [6.07, 6.45) is 0.463. The lowest BCUT2D eigenvalue weighted by molar-refractivity contribution is -0.115. The van der Waals surface area contributed by atoms with Crippen LogP contribution in [0.3, 0.4) is 0 Å². The predicted molar refractivity (Wildman–Crippen MR) is 95.1 cm³/mol. The topological polar surface area (TPSA) is 38.3 Å². The second kappa shape index (κ2) is 7.32. The van der Waals surface area contributed by atoms with Crippen LogP contribution in [0, 0.1) is 27.7 Å². The van der Waals surface area contributed by atoms with Crippen LogP contribution in [-0.2, 0) is 11.4 Å². The Labute approximate surface area is 138 Å². The quantitative estimate of drug-likeness (QED) is 0.857. The van der Waals surface area contributed by atoms with Gasteiger partial charge in [0.2, 0.25) is 5.91 Å². The van der Waals surface area contributed by atoms with Crippen molar-refractivity contribution >= 4 is 11.6 Å². The summed E-state index contributed by atoms with van der Waals surface area (Å²) in [6, 6.07) is 10.1. The fraction of sp³-hybridized carbons (Fsp3) is 0.350. The van der Waals surface area contributed by atoms with Gasteiger partial charge in [0.05, 0.1) is 0 Å². The maximum Gasteiger partial charge on any atom is 0.224 e. The Hall–Kier alpha value is -2.29. The first-order chi connectivity index (χ1) is 10.9. The van der Waals surface area contributed by atoms with Gasteiger partial charge < -0.3 is 10.1 Å². The van der Waals surface area contributed by atoms with E-state index in [1.54, 1.807) is 0 Å². The predicted octanol–water partition coefficient (Wildman–Crippen LogP) is 4.85. The third kappa shape index (κ3) is 4.13. The van der Waals surface area contributed by atoms with Gasteiger partial charge in [-0.1, -0.05) is 25.1 Å². The van der Waals surface area contributed by atoms with E-state index in [2.05, 4.69) is 38.2 Å². The minimum Gasteiger partial charge on any atom is -0.489 e. The van der Waals surface area contributed by atoms with E-state index in [1.165, 1.54) is 11.1 Å². The van der Waals surface area contributed by atoms with Crippen molar-refractivity contribution < 1.29 is 9.53 Å². The number of hydrogen-bond acceptors (Lipinski definition) is 2. The minimum atomic E-state index is 0.0132. The number of carbonyl (C=O) groups excluding carboxylic acids is 1. The Kier molecular flexibility index (Phi) is 5.43. The number of carbonyl (C=O) groups is 1. The number of nitrogens with one attached hydrogen (secondary N) is 1. The Balaban J connectivity index is 2.23. The van der Waals surface area contributed by atoms with E-state index in [4.69, 9.17) is 4.74 Å². The molecule has 0 heterocycles. The van der Waals surface area contributed by atoms with E-state index in [0.29, 0.717) is 13.0 Å². The zero-order valence-electron chi connectivity index (χ0n) is 14.6. The number of amides is 1. The van der Waals surface area contributed by atoms with Gasteiger partial charge in [0, 0.05) is 17.7 Å². The molecule has 0 aliphatic heterocycles. The first-order valence-corrected chi connectivity index (χ1v) is 8.01. The number of aryl methyl sites for hydroxylation is 4. The maximum atomic E-state index is 11.7. The summed E-state index contributed by atoms with van der Waals surface area (Å²) in [7, 11) is 0. The van der Waals surface area contributed by atoms with Crippen LogP contribution in [0.1, 0.15) is 41.2 Å². The van der Waals surface area contributed by atoms with Gasteiger partial charge >= 0.3 is 0 Å². The molecule has 0 saturated heterocycles. The highest BCUT2D eigenvalue weighted by atomic mass is 16.5. The van der Waals surface area contributed by atoms with Gasteiger partial charge in [-0.25, -0.2) is 0 Å². The third-order valence-electron chi connectivity index (χ3n) is 4.17. The van der Waals surface area contributed by atoms with Crippen LogP contribution in [0.25, 0.3) is 0 Å². The van der Waals surface area contributed by atoms with Gasteiger partial charge in [-0.3, -0.25) is 4.79 Å². The average molecular weight is 311 g/mol. The summed E-state index contributed by atoms with van der Waals surface area (Å²) in [4.78, 5) is 11.7. The molecule has 0 aliphatic rings. The van der Waals surface area contributed by atoms with E-state index in [9.17, 15) is 4.79 Å². The molecule has 0 aliphatic carbocycles. The Morgan fingerprint density at radius 2 is 1.70 bits per heavy atom. The fourth-order valence-corrected chi connectivity index (χ4v) is 2.49. The largest absolute Gasteiger partial charge is 0.489 e. The number of anilines is 1. The summed E-state index contributed by atoms with van der Waals surface area (Å²) in [5.41, 5.74) is 6.57. The standard InChI is InChI=1S/C20H25NO2/c1-6-20(22)21-18-9-7-8-13(2)17(18)12-23-19-11-15(4)14(3)10-16(19)5/h7-11H,6,12H2,1-5H3,(H,21,22). The van der Waals surface area contributed by atoms with Gasteiger partial charge in [-0.15, -0.1) is 0 Å². The summed E-state index contributed by atoms with van der Waals surface area (Å²) in [5.74, 6) is 0.906. The molecule has 122 valence electrons. The van der Waals surface area contributed by atoms with E-state index in [0.717, 1.165) is 28.1 Å². The molecule has 3 nitrogen and oxygen atoms in total. The van der Waals surface area contributed by atoms with Crippen LogP contribution in [0.4, 0.5) is 5.69 Å². The molecule has 1 amide bonds. The normalized spacial score (nSPS) is 10.5. The molecule has 2 aromatic rings. The Bertz CT molecular complexity index is 720. The van der Waals surface area contributed by atoms with Crippen molar-refractivity contribution in [2.24, 2.45) is 0 Å². The van der Waals surface area contributed by atoms with Crippen molar-refractivity contribution in [2.75, 3.05) is 5.32 Å². The average Bonchev–Trinajstić information content (AvgIpc) is 2.51. The number of benzene rings is 2. The molecule has 0 fully saturated rings. The molecule has 0 saturated carbocycles. The van der Waals surface area contributed by atoms with Crippen LogP contribution in [0.2, 0.25) is 0 Å². The molecule has 0 bridgehead atoms. The lowest BCUT2D eigenvalue weighted by Crippen LogP contribution is -2.13. The van der Waals surface area contributed by atoms with Crippen LogP contribution < -0.4 is 10.1 Å². The van der Waals surface area contributed by atoms with Gasteiger partial charge in [0.15, 0.2) is 0 Å². The lowest BCUT2D eigenvalue weighted by atomic mass is 10.1. The SMILES string of the molecule is CCC(=O)Nc1cccc(C)c1COc1cc(C)c(C)cc1C. The van der Waals surface area contributed by atoms with Crippen molar-refractivity contribution in [3.63, 3.8) is 0 Å². The Morgan fingerprint density at radius 3 is 2.39 bits per heavy atom. The van der Waals surface area contributed by atoms with E-state index in [-0.39, 0.29) is 5.91 Å². The van der Waals surface area contributed by atoms with Gasteiger partial charge in [0.25, 0.3) is 0 Å². The monoisotopic (exact) mass is 311 g/mol. The molecule has 0 atom stereocenters. The van der Waals surface area contributed by atoms with Gasteiger partial charge in [-0.05, 0) is 62.1 Å². The van der Waals surface area contributed by atoms with Crippen LogP contribution in [-0.4, -0.2) is 5.91 Å². The molecular formula is C20H25NO2. The van der Waals surface area contributed by atoms with Crippen molar-refractivity contribution in [3.05, 3.63) is 58.1 Å². The zero-order valence-corrected chi connectivity index (χ0v) is 14.6. The molecular weight excluding hydrogens is 286 g/mol. The molecule has 0 spiro atoms. The van der Waals surface area contributed by atoms with Crippen molar-refractivity contribution in [2.45, 2.75) is 47.6 Å². The molecule has 1 N–H and O–H groups in total. The second-order valence-corrected chi connectivity index (χ2v) is 5.99. The summed E-state index contributed by atoms with van der Waals surface area (Å²) in [5, 5.41) is 2.95. The Morgan fingerprint density at radius 1 is 1.00 bits per heavy atom. The summed E-state index contributed by atoms with van der Waals surface area (Å²) < 4.78 is 6.04. The first-order valence-electron chi connectivity index (χ1n) is 8.01. The summed E-state index contributed by atoms with van der Waals surface area (Å²) in [6.45, 7) is 10.6. The lowest BCUT2D eigenvalue weighted by Gasteiger charge is -2.16. The van der Waals surface area contributed by atoms with Gasteiger partial charge in [0.1, 0.15) is 12.4 Å². The number of hydrogen-bond donors (Lipinski definition) is 1. The second-order valence-electron chi connectivity index (χ2n) is 5.99. The number of ether oxygens (including phenoxy) is 1. The smallest absolute Gasteiger partial charge is 0.224 e. The molecule has 2 aromatic carbocycles. The first kappa shape index (κ1) is 17.1.